The smallest absolute Gasteiger partial charge is 0.321 e. The standard InChI is InChI=1S/C16H22N2O3/c1-12-7-8-14-13(11-12)5-4-10-18(14)16(21)17-9-3-2-6-15(19)20/h7-8,11H,2-6,9-10H2,1H3,(H,17,21)(H,19,20). The Balaban J connectivity index is 1.88. The van der Waals surface area contributed by atoms with Crippen LogP contribution < -0.4 is 10.2 Å². The molecule has 114 valence electrons. The number of carbonyl (C=O) groups excluding carboxylic acids is 1. The summed E-state index contributed by atoms with van der Waals surface area (Å²) in [5.41, 5.74) is 3.43. The number of carboxylic acid groups (broad SMARTS) is 1. The van der Waals surface area contributed by atoms with E-state index in [2.05, 4.69) is 18.3 Å². The maximum absolute atomic E-state index is 12.2. The van der Waals surface area contributed by atoms with Crippen LogP contribution in [0.2, 0.25) is 0 Å². The quantitative estimate of drug-likeness (QED) is 0.819. The van der Waals surface area contributed by atoms with Crippen molar-refractivity contribution in [3.05, 3.63) is 29.3 Å². The monoisotopic (exact) mass is 290 g/mol. The highest BCUT2D eigenvalue weighted by molar-refractivity contribution is 5.93. The predicted octanol–water partition coefficient (Wildman–Crippen LogP) is 2.71. The lowest BCUT2D eigenvalue weighted by molar-refractivity contribution is -0.137. The molecule has 0 unspecified atom stereocenters. The number of fused-ring (bicyclic) bond motifs is 1. The Morgan fingerprint density at radius 2 is 2.14 bits per heavy atom. The number of hydrogen-bond donors (Lipinski definition) is 2. The van der Waals surface area contributed by atoms with E-state index in [9.17, 15) is 9.59 Å². The summed E-state index contributed by atoms with van der Waals surface area (Å²) in [4.78, 5) is 24.4. The molecule has 2 rings (SSSR count). The van der Waals surface area contributed by atoms with Crippen LogP contribution in [0.15, 0.2) is 18.2 Å². The Morgan fingerprint density at radius 3 is 2.90 bits per heavy atom. The maximum Gasteiger partial charge on any atom is 0.321 e. The highest BCUT2D eigenvalue weighted by atomic mass is 16.4. The third kappa shape index (κ3) is 4.21. The average Bonchev–Trinajstić information content (AvgIpc) is 2.45. The number of benzene rings is 1. The number of aryl methyl sites for hydroxylation is 2. The van der Waals surface area contributed by atoms with Crippen LogP contribution in [-0.4, -0.2) is 30.2 Å². The summed E-state index contributed by atoms with van der Waals surface area (Å²) in [7, 11) is 0. The molecule has 0 fully saturated rings. The van der Waals surface area contributed by atoms with Crippen LogP contribution in [0, 0.1) is 6.92 Å². The molecule has 2 amide bonds. The summed E-state index contributed by atoms with van der Waals surface area (Å²) >= 11 is 0. The molecule has 0 radical (unpaired) electrons. The third-order valence-corrected chi connectivity index (χ3v) is 3.69. The van der Waals surface area contributed by atoms with Crippen molar-refractivity contribution in [2.45, 2.75) is 39.0 Å². The summed E-state index contributed by atoms with van der Waals surface area (Å²) in [6, 6.07) is 6.09. The van der Waals surface area contributed by atoms with Crippen molar-refractivity contribution < 1.29 is 14.7 Å². The summed E-state index contributed by atoms with van der Waals surface area (Å²) in [5.74, 6) is -0.790. The largest absolute Gasteiger partial charge is 0.481 e. The fourth-order valence-corrected chi connectivity index (χ4v) is 2.63. The Kier molecular flexibility index (Phi) is 5.20. The van der Waals surface area contributed by atoms with Gasteiger partial charge in [0.1, 0.15) is 0 Å². The van der Waals surface area contributed by atoms with E-state index >= 15 is 0 Å². The zero-order chi connectivity index (χ0) is 15.2. The van der Waals surface area contributed by atoms with Gasteiger partial charge in [-0.3, -0.25) is 9.69 Å². The van der Waals surface area contributed by atoms with Crippen LogP contribution in [0.25, 0.3) is 0 Å². The second-order valence-electron chi connectivity index (χ2n) is 5.47. The molecule has 0 atom stereocenters. The number of anilines is 1. The molecule has 0 saturated carbocycles. The molecular weight excluding hydrogens is 268 g/mol. The Hall–Kier alpha value is -2.04. The maximum atomic E-state index is 12.2. The molecule has 0 aliphatic carbocycles. The van der Waals surface area contributed by atoms with Gasteiger partial charge in [0.05, 0.1) is 0 Å². The van der Waals surface area contributed by atoms with Crippen LogP contribution in [0.5, 0.6) is 0 Å². The molecule has 0 aromatic heterocycles. The Labute approximate surface area is 125 Å². The van der Waals surface area contributed by atoms with E-state index in [-0.39, 0.29) is 12.5 Å². The minimum absolute atomic E-state index is 0.0878. The van der Waals surface area contributed by atoms with Gasteiger partial charge in [0.15, 0.2) is 0 Å². The molecule has 0 spiro atoms. The van der Waals surface area contributed by atoms with Crippen LogP contribution in [-0.2, 0) is 11.2 Å². The lowest BCUT2D eigenvalue weighted by Crippen LogP contribution is -2.43. The number of rotatable bonds is 5. The number of nitrogens with zero attached hydrogens (tertiary/aromatic N) is 1. The molecule has 1 aliphatic heterocycles. The van der Waals surface area contributed by atoms with Gasteiger partial charge in [0.2, 0.25) is 0 Å². The topological polar surface area (TPSA) is 69.6 Å². The first-order valence-electron chi connectivity index (χ1n) is 7.44. The van der Waals surface area contributed by atoms with Gasteiger partial charge in [-0.15, -0.1) is 0 Å². The van der Waals surface area contributed by atoms with E-state index in [1.807, 2.05) is 12.1 Å². The van der Waals surface area contributed by atoms with Crippen LogP contribution in [0.1, 0.15) is 36.8 Å². The fourth-order valence-electron chi connectivity index (χ4n) is 2.63. The molecule has 1 aromatic rings. The number of carboxylic acids is 1. The second kappa shape index (κ2) is 7.11. The number of nitrogens with one attached hydrogen (secondary N) is 1. The molecule has 5 heteroatoms. The van der Waals surface area contributed by atoms with E-state index in [4.69, 9.17) is 5.11 Å². The normalized spacial score (nSPS) is 13.7. The molecule has 5 nitrogen and oxygen atoms in total. The van der Waals surface area contributed by atoms with Crippen molar-refractivity contribution in [1.82, 2.24) is 5.32 Å². The molecule has 2 N–H and O–H groups in total. The van der Waals surface area contributed by atoms with E-state index in [0.717, 1.165) is 25.1 Å². The lowest BCUT2D eigenvalue weighted by Gasteiger charge is -2.29. The minimum Gasteiger partial charge on any atom is -0.481 e. The van der Waals surface area contributed by atoms with Crippen molar-refractivity contribution in [3.8, 4) is 0 Å². The minimum atomic E-state index is -0.790. The molecule has 0 bridgehead atoms. The zero-order valence-corrected chi connectivity index (χ0v) is 12.4. The van der Waals surface area contributed by atoms with Crippen LogP contribution in [0.3, 0.4) is 0 Å². The van der Waals surface area contributed by atoms with Gasteiger partial charge in [-0.05, 0) is 44.2 Å². The van der Waals surface area contributed by atoms with Gasteiger partial charge in [0, 0.05) is 25.2 Å². The summed E-state index contributed by atoms with van der Waals surface area (Å²) < 4.78 is 0. The van der Waals surface area contributed by atoms with Gasteiger partial charge in [-0.2, -0.15) is 0 Å². The van der Waals surface area contributed by atoms with Gasteiger partial charge >= 0.3 is 12.0 Å². The first-order valence-corrected chi connectivity index (χ1v) is 7.44. The molecule has 1 aliphatic rings. The predicted molar refractivity (Wildman–Crippen MR) is 81.7 cm³/mol. The second-order valence-corrected chi connectivity index (χ2v) is 5.47. The first-order chi connectivity index (χ1) is 10.1. The van der Waals surface area contributed by atoms with Gasteiger partial charge in [-0.1, -0.05) is 17.7 Å². The molecule has 1 aromatic carbocycles. The van der Waals surface area contributed by atoms with Crippen molar-refractivity contribution in [1.29, 1.82) is 0 Å². The van der Waals surface area contributed by atoms with Crippen LogP contribution >= 0.6 is 0 Å². The fraction of sp³-hybridized carbons (Fsp3) is 0.500. The number of urea groups is 1. The van der Waals surface area contributed by atoms with Crippen molar-refractivity contribution in [3.63, 3.8) is 0 Å². The average molecular weight is 290 g/mol. The van der Waals surface area contributed by atoms with E-state index < -0.39 is 5.97 Å². The zero-order valence-electron chi connectivity index (χ0n) is 12.4. The number of amides is 2. The van der Waals surface area contributed by atoms with Crippen molar-refractivity contribution in [2.24, 2.45) is 0 Å². The highest BCUT2D eigenvalue weighted by Gasteiger charge is 2.21. The molecular formula is C16H22N2O3. The molecule has 21 heavy (non-hydrogen) atoms. The number of carbonyl (C=O) groups is 2. The SMILES string of the molecule is Cc1ccc2c(c1)CCCN2C(=O)NCCCCC(=O)O. The van der Waals surface area contributed by atoms with Crippen molar-refractivity contribution in [2.75, 3.05) is 18.0 Å². The van der Waals surface area contributed by atoms with Gasteiger partial charge in [0.25, 0.3) is 0 Å². The summed E-state index contributed by atoms with van der Waals surface area (Å²) in [6.45, 7) is 3.31. The number of aliphatic carboxylic acids is 1. The number of unbranched alkanes of at least 4 members (excludes halogenated alkanes) is 1. The lowest BCUT2D eigenvalue weighted by atomic mass is 10.00. The Morgan fingerprint density at radius 1 is 1.33 bits per heavy atom. The number of hydrogen-bond acceptors (Lipinski definition) is 2. The van der Waals surface area contributed by atoms with Crippen molar-refractivity contribution >= 4 is 17.7 Å². The summed E-state index contributed by atoms with van der Waals surface area (Å²) in [5, 5.41) is 11.4. The van der Waals surface area contributed by atoms with Gasteiger partial charge in [-0.25, -0.2) is 4.79 Å². The summed E-state index contributed by atoms with van der Waals surface area (Å²) in [6.07, 6.45) is 3.42. The van der Waals surface area contributed by atoms with Gasteiger partial charge < -0.3 is 10.4 Å². The molecule has 1 heterocycles. The molecule has 0 saturated heterocycles. The van der Waals surface area contributed by atoms with E-state index in [1.54, 1.807) is 4.90 Å². The third-order valence-electron chi connectivity index (χ3n) is 3.69. The van der Waals surface area contributed by atoms with E-state index in [0.29, 0.717) is 19.4 Å². The van der Waals surface area contributed by atoms with E-state index in [1.165, 1.54) is 11.1 Å². The first kappa shape index (κ1) is 15.4. The van der Waals surface area contributed by atoms with Crippen LogP contribution in [0.4, 0.5) is 10.5 Å². The highest BCUT2D eigenvalue weighted by Crippen LogP contribution is 2.27. The Bertz CT molecular complexity index is 528.